The van der Waals surface area contributed by atoms with E-state index < -0.39 is 6.04 Å². The number of halogens is 3. The number of carbonyl (C=O) groups is 1. The fraction of sp³-hybridized carbons (Fsp3) is 0.162. The van der Waals surface area contributed by atoms with Crippen molar-refractivity contribution in [1.29, 1.82) is 0 Å². The van der Waals surface area contributed by atoms with Gasteiger partial charge in [0.1, 0.15) is 12.4 Å². The topological polar surface area (TPSA) is 91.2 Å². The van der Waals surface area contributed by atoms with E-state index in [2.05, 4.69) is 21.2 Å². The molecule has 6 rings (SSSR count). The number of rotatable bonds is 10. The summed E-state index contributed by atoms with van der Waals surface area (Å²) in [6.45, 7) is 4.41. The molecule has 0 bridgehead atoms. The maximum Gasteiger partial charge on any atom is 0.271 e. The predicted molar refractivity (Wildman–Crippen MR) is 198 cm³/mol. The van der Waals surface area contributed by atoms with E-state index in [0.717, 1.165) is 11.1 Å². The number of nitrogens with one attached hydrogen (secondary N) is 1. The highest BCUT2D eigenvalue weighted by atomic mass is 79.9. The van der Waals surface area contributed by atoms with E-state index in [1.807, 2.05) is 61.5 Å². The minimum atomic E-state index is -0.730. The monoisotopic (exact) mass is 777 g/mol. The van der Waals surface area contributed by atoms with Crippen molar-refractivity contribution in [3.63, 3.8) is 0 Å². The number of hydrogen-bond acceptors (Lipinski definition) is 7. The molecule has 0 spiro atoms. The second-order valence-corrected chi connectivity index (χ2v) is 13.7. The molecule has 8 nitrogen and oxygen atoms in total. The standard InChI is InChI=1S/C37H30BrCl2N3O5S/c1-4-47-27-14-11-22(12-15-27)34-33(35(44)42-26-8-6-5-7-9-26)21(2)41-37-43(34)36(45)32(49-37)17-24-16-30(46-3)31(19-28(24)38)48-20-23-10-13-25(39)18-29(23)40/h5-19,34H,4,20H2,1-3H3,(H,42,44)/b32-17-/t34-/m0/s1. The van der Waals surface area contributed by atoms with Crippen LogP contribution in [0.5, 0.6) is 17.2 Å². The van der Waals surface area contributed by atoms with Crippen molar-refractivity contribution in [1.82, 2.24) is 4.57 Å². The molecule has 49 heavy (non-hydrogen) atoms. The molecule has 2 heterocycles. The van der Waals surface area contributed by atoms with Crippen molar-refractivity contribution in [2.24, 2.45) is 4.99 Å². The second-order valence-electron chi connectivity index (χ2n) is 11.0. The van der Waals surface area contributed by atoms with Crippen LogP contribution in [0.1, 0.15) is 36.6 Å². The zero-order valence-corrected chi connectivity index (χ0v) is 30.5. The second kappa shape index (κ2) is 15.0. The Bertz CT molecular complexity index is 2250. The number of amides is 1. The summed E-state index contributed by atoms with van der Waals surface area (Å²) in [4.78, 5) is 33.3. The number of carbonyl (C=O) groups excluding carboxylic acids is 1. The van der Waals surface area contributed by atoms with Crippen molar-refractivity contribution < 1.29 is 19.0 Å². The van der Waals surface area contributed by atoms with Gasteiger partial charge in [-0.2, -0.15) is 0 Å². The van der Waals surface area contributed by atoms with Gasteiger partial charge in [0.25, 0.3) is 11.5 Å². The molecular weight excluding hydrogens is 749 g/mol. The summed E-state index contributed by atoms with van der Waals surface area (Å²) in [5, 5.41) is 4.01. The van der Waals surface area contributed by atoms with E-state index in [-0.39, 0.29) is 18.1 Å². The van der Waals surface area contributed by atoms with Crippen LogP contribution in [0.2, 0.25) is 10.0 Å². The van der Waals surface area contributed by atoms with Crippen molar-refractivity contribution in [2.75, 3.05) is 19.0 Å². The number of para-hydroxylation sites is 1. The summed E-state index contributed by atoms with van der Waals surface area (Å²) in [6, 6.07) is 24.7. The van der Waals surface area contributed by atoms with Crippen LogP contribution in [0.3, 0.4) is 0 Å². The van der Waals surface area contributed by atoms with Crippen LogP contribution in [-0.2, 0) is 11.4 Å². The van der Waals surface area contributed by atoms with E-state index in [1.165, 1.54) is 11.3 Å². The maximum atomic E-state index is 14.3. The van der Waals surface area contributed by atoms with Crippen LogP contribution in [0.25, 0.3) is 6.08 Å². The van der Waals surface area contributed by atoms with Crippen molar-refractivity contribution in [3.05, 3.63) is 147 Å². The minimum Gasteiger partial charge on any atom is -0.494 e. The fourth-order valence-electron chi connectivity index (χ4n) is 5.43. The van der Waals surface area contributed by atoms with E-state index >= 15 is 0 Å². The molecule has 4 aromatic carbocycles. The summed E-state index contributed by atoms with van der Waals surface area (Å²) in [5.41, 5.74) is 3.44. The number of anilines is 1. The van der Waals surface area contributed by atoms with E-state index in [4.69, 9.17) is 42.4 Å². The van der Waals surface area contributed by atoms with Gasteiger partial charge in [-0.1, -0.05) is 86.9 Å². The smallest absolute Gasteiger partial charge is 0.271 e. The van der Waals surface area contributed by atoms with Gasteiger partial charge in [0, 0.05) is 25.8 Å². The first-order valence-corrected chi connectivity index (χ1v) is 17.6. The number of ether oxygens (including phenoxy) is 3. The van der Waals surface area contributed by atoms with Crippen molar-refractivity contribution >= 4 is 68.1 Å². The number of hydrogen-bond donors (Lipinski definition) is 1. The fourth-order valence-corrected chi connectivity index (χ4v) is 7.37. The van der Waals surface area contributed by atoms with Gasteiger partial charge in [-0.15, -0.1) is 0 Å². The molecule has 1 N–H and O–H groups in total. The SMILES string of the molecule is CCOc1ccc([C@H]2C(C(=O)Nc3ccccc3)=C(C)N=c3s/c(=C\c4cc(OC)c(OCc5ccc(Cl)cc5Cl)cc4Br)c(=O)n32)cc1. The molecule has 1 aliphatic heterocycles. The Morgan fingerprint density at radius 1 is 1.02 bits per heavy atom. The molecule has 12 heteroatoms. The molecule has 1 amide bonds. The molecule has 1 aromatic heterocycles. The molecule has 0 saturated carbocycles. The molecule has 0 aliphatic carbocycles. The van der Waals surface area contributed by atoms with Gasteiger partial charge in [0.05, 0.1) is 35.6 Å². The summed E-state index contributed by atoms with van der Waals surface area (Å²) in [7, 11) is 1.55. The summed E-state index contributed by atoms with van der Waals surface area (Å²) in [5.74, 6) is 1.30. The van der Waals surface area contributed by atoms with Gasteiger partial charge >= 0.3 is 0 Å². The average Bonchev–Trinajstić information content (AvgIpc) is 3.39. The summed E-state index contributed by atoms with van der Waals surface area (Å²) < 4.78 is 20.1. The van der Waals surface area contributed by atoms with Crippen LogP contribution in [0.4, 0.5) is 5.69 Å². The molecule has 1 aliphatic rings. The van der Waals surface area contributed by atoms with E-state index in [0.29, 0.717) is 70.2 Å². The van der Waals surface area contributed by atoms with Crippen molar-refractivity contribution in [3.8, 4) is 17.2 Å². The number of fused-ring (bicyclic) bond motifs is 1. The number of aromatic nitrogens is 1. The Hall–Kier alpha value is -4.35. The Morgan fingerprint density at radius 2 is 1.78 bits per heavy atom. The van der Waals surface area contributed by atoms with Gasteiger partial charge in [-0.25, -0.2) is 4.99 Å². The Kier molecular flexibility index (Phi) is 10.6. The molecule has 0 unspecified atom stereocenters. The number of nitrogens with zero attached hydrogens (tertiary/aromatic N) is 2. The molecule has 1 atom stereocenters. The third-order valence-corrected chi connectivity index (χ3v) is 10.0. The predicted octanol–water partition coefficient (Wildman–Crippen LogP) is 7.93. The summed E-state index contributed by atoms with van der Waals surface area (Å²) in [6.07, 6.45) is 1.77. The quantitative estimate of drug-likeness (QED) is 0.156. The van der Waals surface area contributed by atoms with Gasteiger partial charge in [-0.05, 0) is 79.6 Å². The third kappa shape index (κ3) is 7.47. The van der Waals surface area contributed by atoms with Crippen LogP contribution in [0, 0.1) is 0 Å². The Balaban J connectivity index is 1.40. The van der Waals surface area contributed by atoms with E-state index in [1.54, 1.807) is 55.0 Å². The van der Waals surface area contributed by atoms with Crippen LogP contribution in [0.15, 0.2) is 110 Å². The first kappa shape index (κ1) is 34.5. The van der Waals surface area contributed by atoms with Gasteiger partial charge in [0.15, 0.2) is 16.3 Å². The van der Waals surface area contributed by atoms with Crippen LogP contribution in [-0.4, -0.2) is 24.2 Å². The largest absolute Gasteiger partial charge is 0.494 e. The normalized spacial score (nSPS) is 14.2. The lowest BCUT2D eigenvalue weighted by atomic mass is 9.95. The molecular formula is C37H30BrCl2N3O5S. The van der Waals surface area contributed by atoms with Crippen molar-refractivity contribution in [2.45, 2.75) is 26.5 Å². The van der Waals surface area contributed by atoms with Crippen LogP contribution >= 0.6 is 50.5 Å². The summed E-state index contributed by atoms with van der Waals surface area (Å²) >= 11 is 17.3. The lowest BCUT2D eigenvalue weighted by Crippen LogP contribution is -2.40. The average molecular weight is 780 g/mol. The third-order valence-electron chi connectivity index (χ3n) is 7.77. The zero-order chi connectivity index (χ0) is 34.7. The highest BCUT2D eigenvalue weighted by Crippen LogP contribution is 2.36. The molecule has 0 saturated heterocycles. The molecule has 5 aromatic rings. The first-order chi connectivity index (χ1) is 23.7. The molecule has 0 radical (unpaired) electrons. The highest BCUT2D eigenvalue weighted by Gasteiger charge is 2.32. The highest BCUT2D eigenvalue weighted by molar-refractivity contribution is 9.10. The number of thiazole rings is 1. The lowest BCUT2D eigenvalue weighted by Gasteiger charge is -2.25. The number of allylic oxidation sites excluding steroid dienone is 1. The van der Waals surface area contributed by atoms with Gasteiger partial charge in [0.2, 0.25) is 0 Å². The molecule has 250 valence electrons. The van der Waals surface area contributed by atoms with Gasteiger partial charge < -0.3 is 19.5 Å². The minimum absolute atomic E-state index is 0.196. The Labute approximate surface area is 305 Å². The first-order valence-electron chi connectivity index (χ1n) is 15.2. The Morgan fingerprint density at radius 3 is 2.47 bits per heavy atom. The van der Waals surface area contributed by atoms with E-state index in [9.17, 15) is 9.59 Å². The number of benzene rings is 4. The lowest BCUT2D eigenvalue weighted by molar-refractivity contribution is -0.113. The zero-order valence-electron chi connectivity index (χ0n) is 26.6. The number of methoxy groups -OCH3 is 1. The maximum absolute atomic E-state index is 14.3. The van der Waals surface area contributed by atoms with Gasteiger partial charge in [-0.3, -0.25) is 14.2 Å². The molecule has 0 fully saturated rings. The van der Waals surface area contributed by atoms with Crippen LogP contribution < -0.4 is 34.4 Å².